The summed E-state index contributed by atoms with van der Waals surface area (Å²) in [5, 5.41) is 14.5. The van der Waals surface area contributed by atoms with E-state index in [1.807, 2.05) is 7.05 Å². The molecule has 6 nitrogen and oxygen atoms in total. The minimum atomic E-state index is -0.553. The van der Waals surface area contributed by atoms with Crippen molar-refractivity contribution in [3.05, 3.63) is 38.9 Å². The number of nitrogens with zero attached hydrogens (tertiary/aromatic N) is 2. The quantitative estimate of drug-likeness (QED) is 0.684. The highest BCUT2D eigenvalue weighted by Crippen LogP contribution is 2.25. The van der Waals surface area contributed by atoms with Gasteiger partial charge in [-0.15, -0.1) is 0 Å². The van der Waals surface area contributed by atoms with Gasteiger partial charge in [-0.05, 0) is 32.0 Å². The average molecular weight is 298 g/mol. The average Bonchev–Trinajstić information content (AvgIpc) is 2.46. The molecule has 1 atom stereocenters. The van der Waals surface area contributed by atoms with Crippen LogP contribution in [-0.2, 0) is 0 Å². The molecule has 1 aliphatic heterocycles. The molecule has 1 heterocycles. The van der Waals surface area contributed by atoms with Gasteiger partial charge in [0.15, 0.2) is 0 Å². The molecule has 0 radical (unpaired) electrons. The van der Waals surface area contributed by atoms with E-state index in [-0.39, 0.29) is 23.2 Å². The van der Waals surface area contributed by atoms with E-state index in [1.54, 1.807) is 4.90 Å². The van der Waals surface area contributed by atoms with E-state index in [1.165, 1.54) is 18.2 Å². The van der Waals surface area contributed by atoms with Gasteiger partial charge >= 0.3 is 0 Å². The molecule has 1 amide bonds. The molecule has 1 saturated heterocycles. The summed E-state index contributed by atoms with van der Waals surface area (Å²) in [4.78, 5) is 24.6. The second-order valence-electron chi connectivity index (χ2n) is 4.80. The van der Waals surface area contributed by atoms with Crippen LogP contribution < -0.4 is 5.32 Å². The molecule has 7 heteroatoms. The lowest BCUT2D eigenvalue weighted by Gasteiger charge is -2.32. The van der Waals surface area contributed by atoms with Gasteiger partial charge in [0, 0.05) is 30.2 Å². The van der Waals surface area contributed by atoms with Gasteiger partial charge in [-0.2, -0.15) is 0 Å². The van der Waals surface area contributed by atoms with Crippen molar-refractivity contribution in [3.63, 3.8) is 0 Å². The molecule has 1 unspecified atom stereocenters. The molecule has 0 aliphatic carbocycles. The number of carbonyl (C=O) groups is 1. The molecule has 1 aromatic carbocycles. The summed E-state index contributed by atoms with van der Waals surface area (Å²) in [6, 6.07) is 4.29. The first-order valence-corrected chi connectivity index (χ1v) is 6.81. The minimum Gasteiger partial charge on any atom is -0.337 e. The largest absolute Gasteiger partial charge is 0.337 e. The molecular weight excluding hydrogens is 282 g/mol. The van der Waals surface area contributed by atoms with Crippen LogP contribution in [0.15, 0.2) is 18.2 Å². The molecule has 0 aromatic heterocycles. The Bertz CT molecular complexity index is 536. The maximum absolute atomic E-state index is 12.5. The lowest BCUT2D eigenvalue weighted by Crippen LogP contribution is -2.47. The number of carbonyl (C=O) groups excluding carboxylic acids is 1. The van der Waals surface area contributed by atoms with E-state index in [0.29, 0.717) is 18.1 Å². The number of amides is 1. The molecule has 1 N–H and O–H groups in total. The fourth-order valence-electron chi connectivity index (χ4n) is 2.41. The van der Waals surface area contributed by atoms with E-state index in [0.717, 1.165) is 12.8 Å². The van der Waals surface area contributed by atoms with E-state index < -0.39 is 4.92 Å². The van der Waals surface area contributed by atoms with Crippen molar-refractivity contribution >= 4 is 23.2 Å². The van der Waals surface area contributed by atoms with Crippen LogP contribution in [0.25, 0.3) is 0 Å². The lowest BCUT2D eigenvalue weighted by molar-refractivity contribution is -0.385. The summed E-state index contributed by atoms with van der Waals surface area (Å²) in [5.41, 5.74) is -0.148. The number of likely N-dealkylation sites (N-methyl/N-ethyl adjacent to an activating group) is 1. The summed E-state index contributed by atoms with van der Waals surface area (Å²) in [7, 11) is 1.85. The van der Waals surface area contributed by atoms with Crippen molar-refractivity contribution in [3.8, 4) is 0 Å². The summed E-state index contributed by atoms with van der Waals surface area (Å²) in [6.45, 7) is 1.17. The Morgan fingerprint density at radius 1 is 1.55 bits per heavy atom. The van der Waals surface area contributed by atoms with Gasteiger partial charge in [0.2, 0.25) is 0 Å². The standard InChI is InChI=1S/C13H16ClN3O3/c1-15-10-3-2-6-16(8-10)13(18)11-7-9(14)4-5-12(11)17(19)20/h4-5,7,10,15H,2-3,6,8H2,1H3. The molecule has 1 aliphatic rings. The van der Waals surface area contributed by atoms with Crippen LogP contribution >= 0.6 is 11.6 Å². The van der Waals surface area contributed by atoms with Crippen LogP contribution in [0.4, 0.5) is 5.69 Å². The first-order chi connectivity index (χ1) is 9.52. The van der Waals surface area contributed by atoms with Gasteiger partial charge in [-0.25, -0.2) is 0 Å². The van der Waals surface area contributed by atoms with Crippen LogP contribution in [-0.4, -0.2) is 41.9 Å². The molecule has 20 heavy (non-hydrogen) atoms. The van der Waals surface area contributed by atoms with Crippen LogP contribution in [0.3, 0.4) is 0 Å². The molecule has 0 saturated carbocycles. The van der Waals surface area contributed by atoms with Crippen LogP contribution in [0, 0.1) is 10.1 Å². The summed E-state index contributed by atoms with van der Waals surface area (Å²) in [5.74, 6) is -0.334. The topological polar surface area (TPSA) is 75.5 Å². The smallest absolute Gasteiger partial charge is 0.282 e. The number of rotatable bonds is 3. The van der Waals surface area contributed by atoms with Gasteiger partial charge in [-0.3, -0.25) is 14.9 Å². The molecule has 0 spiro atoms. The van der Waals surface area contributed by atoms with Gasteiger partial charge in [0.1, 0.15) is 5.56 Å². The lowest BCUT2D eigenvalue weighted by atomic mass is 10.0. The van der Waals surface area contributed by atoms with Crippen molar-refractivity contribution in [1.29, 1.82) is 0 Å². The number of likely N-dealkylation sites (tertiary alicyclic amines) is 1. The van der Waals surface area contributed by atoms with Gasteiger partial charge < -0.3 is 10.2 Å². The Labute approximate surface area is 121 Å². The third-order valence-corrected chi connectivity index (χ3v) is 3.74. The van der Waals surface area contributed by atoms with Crippen molar-refractivity contribution < 1.29 is 9.72 Å². The first kappa shape index (κ1) is 14.7. The molecule has 1 fully saturated rings. The Morgan fingerprint density at radius 2 is 2.30 bits per heavy atom. The number of hydrogen-bond donors (Lipinski definition) is 1. The second kappa shape index (κ2) is 6.19. The Balaban J connectivity index is 2.28. The number of piperidine rings is 1. The normalized spacial score (nSPS) is 18.9. The van der Waals surface area contributed by atoms with Crippen molar-refractivity contribution in [2.75, 3.05) is 20.1 Å². The Morgan fingerprint density at radius 3 is 2.95 bits per heavy atom. The van der Waals surface area contributed by atoms with Gasteiger partial charge in [0.05, 0.1) is 4.92 Å². The zero-order chi connectivity index (χ0) is 14.7. The third kappa shape index (κ3) is 3.08. The number of nitro groups is 1. The van der Waals surface area contributed by atoms with Gasteiger partial charge in [0.25, 0.3) is 11.6 Å². The molecule has 108 valence electrons. The number of halogens is 1. The monoisotopic (exact) mass is 297 g/mol. The minimum absolute atomic E-state index is 0.0549. The summed E-state index contributed by atoms with van der Waals surface area (Å²) < 4.78 is 0. The SMILES string of the molecule is CNC1CCCN(C(=O)c2cc(Cl)ccc2[N+](=O)[O-])C1. The summed E-state index contributed by atoms with van der Waals surface area (Å²) in [6.07, 6.45) is 1.88. The zero-order valence-corrected chi connectivity index (χ0v) is 11.9. The van der Waals surface area contributed by atoms with Gasteiger partial charge in [-0.1, -0.05) is 11.6 Å². The van der Waals surface area contributed by atoms with E-state index >= 15 is 0 Å². The zero-order valence-electron chi connectivity index (χ0n) is 11.1. The molecule has 1 aromatic rings. The first-order valence-electron chi connectivity index (χ1n) is 6.43. The van der Waals surface area contributed by atoms with E-state index in [9.17, 15) is 14.9 Å². The van der Waals surface area contributed by atoms with Crippen LogP contribution in [0.1, 0.15) is 23.2 Å². The molecule has 2 rings (SSSR count). The maximum Gasteiger partial charge on any atom is 0.282 e. The number of nitrogens with one attached hydrogen (secondary N) is 1. The number of hydrogen-bond acceptors (Lipinski definition) is 4. The third-order valence-electron chi connectivity index (χ3n) is 3.50. The van der Waals surface area contributed by atoms with E-state index in [4.69, 9.17) is 11.6 Å². The predicted octanol–water partition coefficient (Wildman–Crippen LogP) is 2.07. The van der Waals surface area contributed by atoms with Crippen LogP contribution in [0.2, 0.25) is 5.02 Å². The Hall–Kier alpha value is -1.66. The second-order valence-corrected chi connectivity index (χ2v) is 5.23. The highest BCUT2D eigenvalue weighted by Gasteiger charge is 2.28. The predicted molar refractivity (Wildman–Crippen MR) is 76.1 cm³/mol. The summed E-state index contributed by atoms with van der Waals surface area (Å²) >= 11 is 5.85. The van der Waals surface area contributed by atoms with Crippen molar-refractivity contribution in [2.24, 2.45) is 0 Å². The molecular formula is C13H16ClN3O3. The van der Waals surface area contributed by atoms with Crippen molar-refractivity contribution in [2.45, 2.75) is 18.9 Å². The van der Waals surface area contributed by atoms with Crippen molar-refractivity contribution in [1.82, 2.24) is 10.2 Å². The van der Waals surface area contributed by atoms with Crippen LogP contribution in [0.5, 0.6) is 0 Å². The highest BCUT2D eigenvalue weighted by molar-refractivity contribution is 6.31. The highest BCUT2D eigenvalue weighted by atomic mass is 35.5. The van der Waals surface area contributed by atoms with E-state index in [2.05, 4.69) is 5.32 Å². The maximum atomic E-state index is 12.5. The number of nitro benzene ring substituents is 1. The fraction of sp³-hybridized carbons (Fsp3) is 0.462. The molecule has 0 bridgehead atoms. The Kier molecular flexibility index (Phi) is 4.57. The number of benzene rings is 1. The fourth-order valence-corrected chi connectivity index (χ4v) is 2.58.